The normalized spacial score (nSPS) is 10.4. The average molecular weight is 331 g/mol. The van der Waals surface area contributed by atoms with Crippen LogP contribution in [0.4, 0.5) is 5.69 Å². The molecule has 0 aliphatic heterocycles. The van der Waals surface area contributed by atoms with E-state index in [9.17, 15) is 19.7 Å². The molecule has 2 aromatic rings. The second-order valence-electron chi connectivity index (χ2n) is 4.45. The molecule has 0 radical (unpaired) electrons. The lowest BCUT2D eigenvalue weighted by Gasteiger charge is -2.07. The van der Waals surface area contributed by atoms with Gasteiger partial charge in [-0.2, -0.15) is 0 Å². The highest BCUT2D eigenvalue weighted by molar-refractivity contribution is 5.85. The average Bonchev–Trinajstić information content (AvgIpc) is 2.44. The van der Waals surface area contributed by atoms with Crippen LogP contribution in [0.2, 0.25) is 0 Å². The molecule has 2 rings (SSSR count). The van der Waals surface area contributed by atoms with Crippen molar-refractivity contribution in [2.24, 2.45) is 0 Å². The number of nitro groups is 1. The van der Waals surface area contributed by atoms with Gasteiger partial charge in [0.05, 0.1) is 16.0 Å². The monoisotopic (exact) mass is 330 g/mol. The predicted molar refractivity (Wildman–Crippen MR) is 82.5 cm³/mol. The van der Waals surface area contributed by atoms with E-state index in [1.54, 1.807) is 0 Å². The maximum absolute atomic E-state index is 11.4. The molecule has 0 fully saturated rings. The molecule has 0 spiro atoms. The van der Waals surface area contributed by atoms with Crippen molar-refractivity contribution in [3.05, 3.63) is 48.5 Å². The van der Waals surface area contributed by atoms with Crippen LogP contribution in [0.15, 0.2) is 21.7 Å². The van der Waals surface area contributed by atoms with Gasteiger partial charge in [0.25, 0.3) is 5.69 Å². The van der Waals surface area contributed by atoms with E-state index in [0.717, 1.165) is 0 Å². The summed E-state index contributed by atoms with van der Waals surface area (Å²) in [5.74, 6) is 0. The van der Waals surface area contributed by atoms with E-state index in [-0.39, 0.29) is 36.8 Å². The Balaban J connectivity index is 0.00000242. The number of nitro benzene ring substituents is 1. The van der Waals surface area contributed by atoms with Gasteiger partial charge in [-0.1, -0.05) is 0 Å². The lowest BCUT2D eigenvalue weighted by molar-refractivity contribution is -0.384. The Labute approximate surface area is 129 Å². The van der Waals surface area contributed by atoms with Crippen molar-refractivity contribution in [2.45, 2.75) is 13.0 Å². The van der Waals surface area contributed by atoms with E-state index in [1.807, 2.05) is 0 Å². The lowest BCUT2D eigenvalue weighted by atomic mass is 10.1. The summed E-state index contributed by atoms with van der Waals surface area (Å²) < 4.78 is 0. The first-order valence-corrected chi connectivity index (χ1v) is 6.28. The maximum atomic E-state index is 11.4. The fourth-order valence-corrected chi connectivity index (χ4v) is 1.95. The molecule has 0 amide bonds. The molecule has 4 N–H and O–H groups in total. The predicted octanol–water partition coefficient (Wildman–Crippen LogP) is 0.0184. The second-order valence-corrected chi connectivity index (χ2v) is 4.45. The Morgan fingerprint density at radius 2 is 1.91 bits per heavy atom. The molecule has 0 saturated heterocycles. The van der Waals surface area contributed by atoms with Gasteiger partial charge in [-0.3, -0.25) is 19.7 Å². The largest absolute Gasteiger partial charge is 0.396 e. The first-order chi connectivity index (χ1) is 10.0. The van der Waals surface area contributed by atoms with Gasteiger partial charge in [-0.05, 0) is 18.5 Å². The zero-order chi connectivity index (χ0) is 15.4. The van der Waals surface area contributed by atoms with E-state index in [4.69, 9.17) is 5.11 Å². The van der Waals surface area contributed by atoms with Crippen LogP contribution >= 0.6 is 12.4 Å². The Morgan fingerprint density at radius 1 is 1.23 bits per heavy atom. The third-order valence-electron chi connectivity index (χ3n) is 2.94. The quantitative estimate of drug-likeness (QED) is 0.254. The van der Waals surface area contributed by atoms with Gasteiger partial charge in [0.2, 0.25) is 0 Å². The van der Waals surface area contributed by atoms with Crippen LogP contribution in [0, 0.1) is 10.1 Å². The molecule has 0 saturated carbocycles. The summed E-state index contributed by atoms with van der Waals surface area (Å²) >= 11 is 0. The molecule has 0 atom stereocenters. The molecule has 1 heterocycles. The highest BCUT2D eigenvalue weighted by Gasteiger charge is 2.13. The first kappa shape index (κ1) is 17.8. The van der Waals surface area contributed by atoms with Gasteiger partial charge in [0.15, 0.2) is 0 Å². The summed E-state index contributed by atoms with van der Waals surface area (Å²) in [5, 5.41) is 22.6. The van der Waals surface area contributed by atoms with Crippen LogP contribution in [-0.4, -0.2) is 33.1 Å². The number of aromatic nitrogens is 2. The van der Waals surface area contributed by atoms with Gasteiger partial charge in [-0.25, -0.2) is 0 Å². The van der Waals surface area contributed by atoms with E-state index >= 15 is 0 Å². The van der Waals surface area contributed by atoms with Crippen LogP contribution in [0.25, 0.3) is 11.0 Å². The minimum atomic E-state index is -0.859. The van der Waals surface area contributed by atoms with Gasteiger partial charge < -0.3 is 20.4 Å². The number of non-ortho nitro benzene ring substituents is 1. The Morgan fingerprint density at radius 3 is 2.55 bits per heavy atom. The highest BCUT2D eigenvalue weighted by Crippen LogP contribution is 2.21. The summed E-state index contributed by atoms with van der Waals surface area (Å²) in [6.07, 6.45) is 0.542. The van der Waals surface area contributed by atoms with Crippen molar-refractivity contribution in [2.75, 3.05) is 13.2 Å². The van der Waals surface area contributed by atoms with E-state index in [2.05, 4.69) is 15.3 Å². The van der Waals surface area contributed by atoms with Crippen LogP contribution in [0.1, 0.15) is 12.0 Å². The number of aliphatic hydroxyl groups is 1. The number of nitrogens with zero attached hydrogens (tertiary/aromatic N) is 1. The molecule has 120 valence electrons. The van der Waals surface area contributed by atoms with Gasteiger partial charge in [0, 0.05) is 25.3 Å². The number of aromatic amines is 2. The lowest BCUT2D eigenvalue weighted by Crippen LogP contribution is -2.29. The summed E-state index contributed by atoms with van der Waals surface area (Å²) in [7, 11) is 0. The van der Waals surface area contributed by atoms with Crippen LogP contribution in [0.5, 0.6) is 0 Å². The molecule has 0 unspecified atom stereocenters. The maximum Gasteiger partial charge on any atom is 0.314 e. The van der Waals surface area contributed by atoms with Gasteiger partial charge in [0.1, 0.15) is 0 Å². The minimum absolute atomic E-state index is 0. The number of aliphatic hydroxyl groups excluding tert-OH is 1. The highest BCUT2D eigenvalue weighted by atomic mass is 35.5. The number of hydrogen-bond donors (Lipinski definition) is 4. The Hall–Kier alpha value is -2.23. The summed E-state index contributed by atoms with van der Waals surface area (Å²) in [6.45, 7) is 0.821. The van der Waals surface area contributed by atoms with E-state index in [1.165, 1.54) is 12.1 Å². The van der Waals surface area contributed by atoms with E-state index < -0.39 is 16.0 Å². The zero-order valence-corrected chi connectivity index (χ0v) is 12.2. The topological polar surface area (TPSA) is 141 Å². The Bertz CT molecular complexity index is 785. The van der Waals surface area contributed by atoms with Crippen molar-refractivity contribution < 1.29 is 10.0 Å². The third kappa shape index (κ3) is 3.91. The smallest absolute Gasteiger partial charge is 0.314 e. The molecule has 0 aliphatic rings. The van der Waals surface area contributed by atoms with Crippen molar-refractivity contribution >= 4 is 29.1 Å². The van der Waals surface area contributed by atoms with Crippen molar-refractivity contribution in [1.29, 1.82) is 0 Å². The number of benzene rings is 1. The second kappa shape index (κ2) is 7.69. The number of rotatable bonds is 6. The third-order valence-corrected chi connectivity index (χ3v) is 2.94. The number of H-pyrrole nitrogens is 2. The van der Waals surface area contributed by atoms with Crippen LogP contribution in [-0.2, 0) is 6.54 Å². The molecule has 22 heavy (non-hydrogen) atoms. The number of nitrogens with one attached hydrogen (secondary N) is 3. The number of halogens is 1. The van der Waals surface area contributed by atoms with Crippen molar-refractivity contribution in [3.8, 4) is 0 Å². The molecular weight excluding hydrogens is 316 g/mol. The molecular formula is C12H15ClN4O5. The first-order valence-electron chi connectivity index (χ1n) is 6.28. The molecule has 1 aromatic carbocycles. The molecule has 10 heteroatoms. The summed E-state index contributed by atoms with van der Waals surface area (Å²) in [6, 6.07) is 2.53. The fraction of sp³-hybridized carbons (Fsp3) is 0.333. The standard InChI is InChI=1S/C12H14N4O5.ClH/c17-3-1-2-13-6-7-4-8(16(20)21)5-9-10(7)15-12(19)11(18)14-9;/h4-5,13,17H,1-3,6H2,(H,14,18)(H,15,19);1H. The van der Waals surface area contributed by atoms with Crippen molar-refractivity contribution in [1.82, 2.24) is 15.3 Å². The summed E-state index contributed by atoms with van der Waals surface area (Å²) in [5.41, 5.74) is -0.806. The van der Waals surface area contributed by atoms with Crippen molar-refractivity contribution in [3.63, 3.8) is 0 Å². The summed E-state index contributed by atoms with van der Waals surface area (Å²) in [4.78, 5) is 37.8. The molecule has 1 aromatic heterocycles. The van der Waals surface area contributed by atoms with Crippen LogP contribution < -0.4 is 16.4 Å². The van der Waals surface area contributed by atoms with Gasteiger partial charge in [-0.15, -0.1) is 12.4 Å². The van der Waals surface area contributed by atoms with Crippen LogP contribution in [0.3, 0.4) is 0 Å². The molecule has 0 aliphatic carbocycles. The molecule has 0 bridgehead atoms. The molecule has 9 nitrogen and oxygen atoms in total. The zero-order valence-electron chi connectivity index (χ0n) is 11.4. The number of hydrogen-bond acceptors (Lipinski definition) is 6. The minimum Gasteiger partial charge on any atom is -0.396 e. The SMILES string of the molecule is Cl.O=c1[nH]c2cc([N+](=O)[O-])cc(CNCCCO)c2[nH]c1=O. The Kier molecular flexibility index (Phi) is 6.23. The van der Waals surface area contributed by atoms with Gasteiger partial charge >= 0.3 is 11.1 Å². The fourth-order valence-electron chi connectivity index (χ4n) is 1.95. The number of fused-ring (bicyclic) bond motifs is 1. The van der Waals surface area contributed by atoms with E-state index in [0.29, 0.717) is 24.0 Å².